The SMILES string of the molecule is Cc1cccc(NC(=O)c2ccc(C3(C)CCC3)cc2)c1C. The minimum Gasteiger partial charge on any atom is -0.322 e. The molecule has 2 nitrogen and oxygen atoms in total. The van der Waals surface area contributed by atoms with Gasteiger partial charge in [0.2, 0.25) is 0 Å². The maximum absolute atomic E-state index is 12.4. The number of amides is 1. The van der Waals surface area contributed by atoms with Crippen LogP contribution in [0.25, 0.3) is 0 Å². The monoisotopic (exact) mass is 293 g/mol. The zero-order chi connectivity index (χ0) is 15.7. The second-order valence-electron chi connectivity index (χ2n) is 6.69. The topological polar surface area (TPSA) is 29.1 Å². The third-order valence-electron chi connectivity index (χ3n) is 5.15. The molecule has 0 spiro atoms. The van der Waals surface area contributed by atoms with E-state index in [-0.39, 0.29) is 5.91 Å². The van der Waals surface area contributed by atoms with Crippen molar-refractivity contribution in [2.24, 2.45) is 0 Å². The Labute approximate surface area is 132 Å². The zero-order valence-corrected chi connectivity index (χ0v) is 13.6. The van der Waals surface area contributed by atoms with Gasteiger partial charge < -0.3 is 5.32 Å². The van der Waals surface area contributed by atoms with Crippen molar-refractivity contribution in [3.63, 3.8) is 0 Å². The number of aryl methyl sites for hydroxylation is 1. The van der Waals surface area contributed by atoms with Gasteiger partial charge in [-0.05, 0) is 67.0 Å². The molecule has 1 aliphatic rings. The highest BCUT2D eigenvalue weighted by Gasteiger charge is 2.33. The van der Waals surface area contributed by atoms with E-state index >= 15 is 0 Å². The second-order valence-corrected chi connectivity index (χ2v) is 6.69. The fourth-order valence-corrected chi connectivity index (χ4v) is 3.10. The molecule has 0 radical (unpaired) electrons. The van der Waals surface area contributed by atoms with Gasteiger partial charge in [0.25, 0.3) is 5.91 Å². The Morgan fingerprint density at radius 3 is 2.32 bits per heavy atom. The molecule has 0 bridgehead atoms. The van der Waals surface area contributed by atoms with Gasteiger partial charge in [0, 0.05) is 11.3 Å². The van der Waals surface area contributed by atoms with Gasteiger partial charge in [-0.25, -0.2) is 0 Å². The van der Waals surface area contributed by atoms with Gasteiger partial charge in [-0.3, -0.25) is 4.79 Å². The van der Waals surface area contributed by atoms with Crippen molar-refractivity contribution < 1.29 is 4.79 Å². The quantitative estimate of drug-likeness (QED) is 0.848. The third-order valence-corrected chi connectivity index (χ3v) is 5.15. The maximum Gasteiger partial charge on any atom is 0.255 e. The number of carbonyl (C=O) groups is 1. The highest BCUT2D eigenvalue weighted by molar-refractivity contribution is 6.04. The van der Waals surface area contributed by atoms with E-state index in [1.807, 2.05) is 31.2 Å². The number of hydrogen-bond donors (Lipinski definition) is 1. The molecule has 1 amide bonds. The second kappa shape index (κ2) is 5.60. The van der Waals surface area contributed by atoms with Crippen LogP contribution in [0, 0.1) is 13.8 Å². The predicted molar refractivity (Wildman–Crippen MR) is 91.5 cm³/mol. The van der Waals surface area contributed by atoms with E-state index in [0.29, 0.717) is 11.0 Å². The maximum atomic E-state index is 12.4. The molecule has 22 heavy (non-hydrogen) atoms. The third kappa shape index (κ3) is 2.66. The van der Waals surface area contributed by atoms with E-state index in [4.69, 9.17) is 0 Å². The molecule has 1 saturated carbocycles. The first-order chi connectivity index (χ1) is 10.5. The van der Waals surface area contributed by atoms with Crippen LogP contribution in [0.1, 0.15) is 53.2 Å². The summed E-state index contributed by atoms with van der Waals surface area (Å²) in [6.45, 7) is 6.40. The molecule has 0 aromatic heterocycles. The van der Waals surface area contributed by atoms with Gasteiger partial charge in [0.05, 0.1) is 0 Å². The van der Waals surface area contributed by atoms with Gasteiger partial charge in [-0.1, -0.05) is 37.6 Å². The van der Waals surface area contributed by atoms with Crippen LogP contribution in [-0.4, -0.2) is 5.91 Å². The number of benzene rings is 2. The van der Waals surface area contributed by atoms with Gasteiger partial charge in [0.15, 0.2) is 0 Å². The molecule has 3 rings (SSSR count). The summed E-state index contributed by atoms with van der Waals surface area (Å²) in [5.74, 6) is -0.0426. The minimum atomic E-state index is -0.0426. The number of carbonyl (C=O) groups excluding carboxylic acids is 1. The van der Waals surface area contributed by atoms with Crippen LogP contribution in [0.5, 0.6) is 0 Å². The van der Waals surface area contributed by atoms with Crippen molar-refractivity contribution in [2.75, 3.05) is 5.32 Å². The van der Waals surface area contributed by atoms with Crippen LogP contribution in [0.3, 0.4) is 0 Å². The van der Waals surface area contributed by atoms with Crippen LogP contribution in [0.15, 0.2) is 42.5 Å². The molecular weight excluding hydrogens is 270 g/mol. The Morgan fingerprint density at radius 2 is 1.73 bits per heavy atom. The number of nitrogens with one attached hydrogen (secondary N) is 1. The van der Waals surface area contributed by atoms with Crippen LogP contribution in [0.4, 0.5) is 5.69 Å². The van der Waals surface area contributed by atoms with E-state index in [1.54, 1.807) is 0 Å². The van der Waals surface area contributed by atoms with Crippen LogP contribution >= 0.6 is 0 Å². The van der Waals surface area contributed by atoms with Gasteiger partial charge in [-0.2, -0.15) is 0 Å². The summed E-state index contributed by atoms with van der Waals surface area (Å²) < 4.78 is 0. The summed E-state index contributed by atoms with van der Waals surface area (Å²) in [4.78, 5) is 12.4. The Bertz CT molecular complexity index is 696. The van der Waals surface area contributed by atoms with Gasteiger partial charge in [0.1, 0.15) is 0 Å². The van der Waals surface area contributed by atoms with E-state index < -0.39 is 0 Å². The minimum absolute atomic E-state index is 0.0426. The molecule has 0 heterocycles. The van der Waals surface area contributed by atoms with E-state index in [0.717, 1.165) is 11.3 Å². The first-order valence-electron chi connectivity index (χ1n) is 7.98. The molecule has 0 saturated heterocycles. The molecule has 114 valence electrons. The Hall–Kier alpha value is -2.09. The highest BCUT2D eigenvalue weighted by Crippen LogP contribution is 2.43. The fourth-order valence-electron chi connectivity index (χ4n) is 3.10. The molecule has 0 aliphatic heterocycles. The van der Waals surface area contributed by atoms with Gasteiger partial charge in [-0.15, -0.1) is 0 Å². The summed E-state index contributed by atoms with van der Waals surface area (Å²) in [6.07, 6.45) is 3.81. The average Bonchev–Trinajstić information content (AvgIpc) is 2.49. The van der Waals surface area contributed by atoms with Crippen LogP contribution < -0.4 is 5.32 Å². The largest absolute Gasteiger partial charge is 0.322 e. The summed E-state index contributed by atoms with van der Waals surface area (Å²) in [7, 11) is 0. The van der Waals surface area contributed by atoms with Crippen molar-refractivity contribution >= 4 is 11.6 Å². The molecule has 2 heteroatoms. The van der Waals surface area contributed by atoms with Crippen molar-refractivity contribution in [3.05, 3.63) is 64.7 Å². The molecule has 0 unspecified atom stereocenters. The molecule has 2 aromatic carbocycles. The molecule has 2 aromatic rings. The smallest absolute Gasteiger partial charge is 0.255 e. The number of anilines is 1. The molecule has 1 N–H and O–H groups in total. The summed E-state index contributed by atoms with van der Waals surface area (Å²) >= 11 is 0. The molecule has 0 atom stereocenters. The number of hydrogen-bond acceptors (Lipinski definition) is 1. The number of rotatable bonds is 3. The lowest BCUT2D eigenvalue weighted by Crippen LogP contribution is -2.30. The van der Waals surface area contributed by atoms with Crippen LogP contribution in [-0.2, 0) is 5.41 Å². The summed E-state index contributed by atoms with van der Waals surface area (Å²) in [5, 5.41) is 3.01. The standard InChI is InChI=1S/C20H23NO/c1-14-6-4-7-18(15(14)2)21-19(22)16-8-10-17(11-9-16)20(3)12-5-13-20/h4,6-11H,5,12-13H2,1-3H3,(H,21,22). The molecule has 1 aliphatic carbocycles. The fraction of sp³-hybridized carbons (Fsp3) is 0.350. The molecular formula is C20H23NO. The van der Waals surface area contributed by atoms with Crippen molar-refractivity contribution in [1.29, 1.82) is 0 Å². The Kier molecular flexibility index (Phi) is 3.78. The molecule has 1 fully saturated rings. The van der Waals surface area contributed by atoms with E-state index in [1.165, 1.54) is 30.4 Å². The lowest BCUT2D eigenvalue weighted by Gasteiger charge is -2.39. The van der Waals surface area contributed by atoms with E-state index in [9.17, 15) is 4.79 Å². The van der Waals surface area contributed by atoms with Crippen LogP contribution in [0.2, 0.25) is 0 Å². The van der Waals surface area contributed by atoms with Crippen molar-refractivity contribution in [3.8, 4) is 0 Å². The Morgan fingerprint density at radius 1 is 1.05 bits per heavy atom. The Balaban J connectivity index is 1.76. The summed E-state index contributed by atoms with van der Waals surface area (Å²) in [6, 6.07) is 14.1. The zero-order valence-electron chi connectivity index (χ0n) is 13.6. The first kappa shape index (κ1) is 14.8. The first-order valence-corrected chi connectivity index (χ1v) is 7.98. The van der Waals surface area contributed by atoms with E-state index in [2.05, 4.69) is 37.4 Å². The highest BCUT2D eigenvalue weighted by atomic mass is 16.1. The van der Waals surface area contributed by atoms with Crippen molar-refractivity contribution in [2.45, 2.75) is 45.4 Å². The van der Waals surface area contributed by atoms with Crippen molar-refractivity contribution in [1.82, 2.24) is 0 Å². The lowest BCUT2D eigenvalue weighted by atomic mass is 9.66. The lowest BCUT2D eigenvalue weighted by molar-refractivity contribution is 0.102. The predicted octanol–water partition coefficient (Wildman–Crippen LogP) is 5.00. The van der Waals surface area contributed by atoms with Gasteiger partial charge >= 0.3 is 0 Å². The summed E-state index contributed by atoms with van der Waals surface area (Å²) in [5.41, 5.74) is 5.58. The average molecular weight is 293 g/mol. The normalized spacial score (nSPS) is 16.0.